The molecule has 11 heteroatoms. The molecule has 156 valence electrons. The molecule has 0 bridgehead atoms. The van der Waals surface area contributed by atoms with Crippen LogP contribution >= 0.6 is 11.8 Å². The lowest BCUT2D eigenvalue weighted by Gasteiger charge is -2.14. The van der Waals surface area contributed by atoms with Crippen LogP contribution in [0.15, 0.2) is 11.4 Å². The van der Waals surface area contributed by atoms with Crippen molar-refractivity contribution in [1.29, 1.82) is 0 Å². The molecule has 0 aliphatic carbocycles. The molecule has 1 saturated heterocycles. The maximum Gasteiger partial charge on any atom is 0.240 e. The molecule has 2 N–H and O–H groups in total. The Kier molecular flexibility index (Phi) is 6.68. The van der Waals surface area contributed by atoms with Crippen molar-refractivity contribution in [3.8, 4) is 0 Å². The minimum atomic E-state index is -0.371. The summed E-state index contributed by atoms with van der Waals surface area (Å²) in [4.78, 5) is 45.5. The van der Waals surface area contributed by atoms with Gasteiger partial charge in [-0.3, -0.25) is 19.3 Å². The molecule has 1 aliphatic heterocycles. The highest BCUT2D eigenvalue weighted by Crippen LogP contribution is 2.24. The van der Waals surface area contributed by atoms with Crippen LogP contribution in [0.1, 0.15) is 33.6 Å². The lowest BCUT2D eigenvalue weighted by molar-refractivity contribution is -0.142. The molecule has 3 rings (SSSR count). The molecule has 0 spiro atoms. The Morgan fingerprint density at radius 3 is 2.62 bits per heavy atom. The fourth-order valence-corrected chi connectivity index (χ4v) is 3.54. The lowest BCUT2D eigenvalue weighted by Crippen LogP contribution is -2.40. The molecule has 0 unspecified atom stereocenters. The monoisotopic (exact) mass is 419 g/mol. The number of likely N-dealkylation sites (tertiary alicyclic amines) is 1. The van der Waals surface area contributed by atoms with Gasteiger partial charge >= 0.3 is 0 Å². The van der Waals surface area contributed by atoms with E-state index in [0.717, 1.165) is 21.9 Å². The summed E-state index contributed by atoms with van der Waals surface area (Å²) in [6, 6.07) is 0.214. The van der Waals surface area contributed by atoms with E-state index in [1.165, 1.54) is 0 Å². The topological polar surface area (TPSA) is 122 Å². The van der Waals surface area contributed by atoms with Gasteiger partial charge in [-0.05, 0) is 19.6 Å². The first-order chi connectivity index (χ1) is 13.9. The summed E-state index contributed by atoms with van der Waals surface area (Å²) in [6.07, 6.45) is 2.07. The van der Waals surface area contributed by atoms with Crippen LogP contribution < -0.4 is 10.6 Å². The van der Waals surface area contributed by atoms with Crippen LogP contribution in [-0.4, -0.2) is 67.3 Å². The van der Waals surface area contributed by atoms with E-state index in [1.807, 2.05) is 20.8 Å². The standard InChI is InChI=1S/C18H25N7O3S/c1-4-29-18-22-16(21-11(2)3)12-9-20-25(17(12)23-18)8-7-19-13(26)10-24-14(27)5-6-15(24)28/h9,11H,4-8,10H2,1-3H3,(H,19,26)(H,21,22,23). The number of imide groups is 1. The largest absolute Gasteiger partial charge is 0.367 e. The fraction of sp³-hybridized carbons (Fsp3) is 0.556. The Labute approximate surface area is 172 Å². The molecule has 1 fully saturated rings. The Hall–Kier alpha value is -2.69. The number of carbonyl (C=O) groups is 3. The van der Waals surface area contributed by atoms with Crippen LogP contribution in [0.2, 0.25) is 0 Å². The molecule has 1 aliphatic rings. The zero-order valence-electron chi connectivity index (χ0n) is 16.8. The number of amides is 3. The van der Waals surface area contributed by atoms with E-state index in [2.05, 4.69) is 25.7 Å². The van der Waals surface area contributed by atoms with E-state index in [-0.39, 0.29) is 43.1 Å². The van der Waals surface area contributed by atoms with Gasteiger partial charge in [0.25, 0.3) is 0 Å². The van der Waals surface area contributed by atoms with E-state index in [1.54, 1.807) is 22.6 Å². The van der Waals surface area contributed by atoms with E-state index < -0.39 is 0 Å². The van der Waals surface area contributed by atoms with Gasteiger partial charge in [0.05, 0.1) is 18.1 Å². The van der Waals surface area contributed by atoms with Crippen molar-refractivity contribution in [1.82, 2.24) is 30.0 Å². The summed E-state index contributed by atoms with van der Waals surface area (Å²) < 4.78 is 1.72. The van der Waals surface area contributed by atoms with Gasteiger partial charge < -0.3 is 10.6 Å². The molecule has 2 aromatic rings. The number of nitrogens with zero attached hydrogens (tertiary/aromatic N) is 5. The van der Waals surface area contributed by atoms with E-state index >= 15 is 0 Å². The first kappa shape index (κ1) is 21.0. The van der Waals surface area contributed by atoms with Crippen molar-refractivity contribution in [3.63, 3.8) is 0 Å². The summed E-state index contributed by atoms with van der Waals surface area (Å²) >= 11 is 1.55. The van der Waals surface area contributed by atoms with E-state index in [4.69, 9.17) is 0 Å². The van der Waals surface area contributed by atoms with Crippen LogP contribution in [0.3, 0.4) is 0 Å². The van der Waals surface area contributed by atoms with Gasteiger partial charge in [-0.25, -0.2) is 14.6 Å². The number of hydrogen-bond acceptors (Lipinski definition) is 8. The summed E-state index contributed by atoms with van der Waals surface area (Å²) in [7, 11) is 0. The van der Waals surface area contributed by atoms with Gasteiger partial charge in [-0.2, -0.15) is 5.10 Å². The number of thioether (sulfide) groups is 1. The Morgan fingerprint density at radius 2 is 1.97 bits per heavy atom. The third-order valence-electron chi connectivity index (χ3n) is 4.28. The molecule has 2 aromatic heterocycles. The van der Waals surface area contributed by atoms with Crippen molar-refractivity contribution in [3.05, 3.63) is 6.20 Å². The molecular formula is C18H25N7O3S. The first-order valence-electron chi connectivity index (χ1n) is 9.61. The maximum atomic E-state index is 12.1. The Bertz CT molecular complexity index is 912. The first-order valence-corrected chi connectivity index (χ1v) is 10.6. The minimum absolute atomic E-state index is 0.177. The van der Waals surface area contributed by atoms with Crippen molar-refractivity contribution < 1.29 is 14.4 Å². The number of anilines is 1. The minimum Gasteiger partial charge on any atom is -0.367 e. The van der Waals surface area contributed by atoms with Gasteiger partial charge in [-0.15, -0.1) is 0 Å². The molecular weight excluding hydrogens is 394 g/mol. The van der Waals surface area contributed by atoms with E-state index in [0.29, 0.717) is 23.9 Å². The molecule has 29 heavy (non-hydrogen) atoms. The summed E-state index contributed by atoms with van der Waals surface area (Å²) in [5.74, 6) is 0.619. The second-order valence-corrected chi connectivity index (χ2v) is 8.15. The van der Waals surface area contributed by atoms with Crippen LogP contribution in [-0.2, 0) is 20.9 Å². The molecule has 0 aromatic carbocycles. The molecule has 0 atom stereocenters. The van der Waals surface area contributed by atoms with Crippen molar-refractivity contribution in [2.45, 2.75) is 51.4 Å². The van der Waals surface area contributed by atoms with Gasteiger partial charge in [0.2, 0.25) is 17.7 Å². The van der Waals surface area contributed by atoms with Crippen molar-refractivity contribution in [2.24, 2.45) is 0 Å². The molecule has 10 nitrogen and oxygen atoms in total. The number of hydrogen-bond donors (Lipinski definition) is 2. The third kappa shape index (κ3) is 5.03. The Balaban J connectivity index is 1.66. The van der Waals surface area contributed by atoms with Crippen LogP contribution in [0.5, 0.6) is 0 Å². The highest BCUT2D eigenvalue weighted by atomic mass is 32.2. The SMILES string of the molecule is CCSc1nc(NC(C)C)c2cnn(CCNC(=O)CN3C(=O)CCC3=O)c2n1. The Morgan fingerprint density at radius 1 is 1.24 bits per heavy atom. The number of carbonyl (C=O) groups excluding carboxylic acids is 3. The van der Waals surface area contributed by atoms with Gasteiger partial charge in [0.15, 0.2) is 10.8 Å². The fourth-order valence-electron chi connectivity index (χ4n) is 2.98. The second kappa shape index (κ2) is 9.21. The number of rotatable bonds is 9. The lowest BCUT2D eigenvalue weighted by atomic mass is 10.3. The normalized spacial score (nSPS) is 14.3. The van der Waals surface area contributed by atoms with Crippen LogP contribution in [0, 0.1) is 0 Å². The predicted octanol–water partition coefficient (Wildman–Crippen LogP) is 1.02. The summed E-state index contributed by atoms with van der Waals surface area (Å²) in [5, 5.41) is 11.9. The third-order valence-corrected chi connectivity index (χ3v) is 5.01. The van der Waals surface area contributed by atoms with Crippen LogP contribution in [0.25, 0.3) is 11.0 Å². The zero-order valence-corrected chi connectivity index (χ0v) is 17.6. The van der Waals surface area contributed by atoms with Gasteiger partial charge in [0, 0.05) is 25.4 Å². The average molecular weight is 420 g/mol. The van der Waals surface area contributed by atoms with Crippen LogP contribution in [0.4, 0.5) is 5.82 Å². The van der Waals surface area contributed by atoms with Gasteiger partial charge in [-0.1, -0.05) is 18.7 Å². The number of aromatic nitrogens is 4. The maximum absolute atomic E-state index is 12.1. The second-order valence-electron chi connectivity index (χ2n) is 6.92. The number of nitrogens with one attached hydrogen (secondary N) is 2. The summed E-state index contributed by atoms with van der Waals surface area (Å²) in [5.41, 5.74) is 0.693. The van der Waals surface area contributed by atoms with Gasteiger partial charge in [0.1, 0.15) is 12.4 Å². The quantitative estimate of drug-likeness (QED) is 0.351. The van der Waals surface area contributed by atoms with E-state index in [9.17, 15) is 14.4 Å². The molecule has 0 radical (unpaired) electrons. The van der Waals surface area contributed by atoms with Crippen molar-refractivity contribution >= 4 is 46.3 Å². The molecule has 0 saturated carbocycles. The highest BCUT2D eigenvalue weighted by molar-refractivity contribution is 7.99. The van der Waals surface area contributed by atoms with Crippen molar-refractivity contribution in [2.75, 3.05) is 24.2 Å². The highest BCUT2D eigenvalue weighted by Gasteiger charge is 2.30. The molecule has 3 amide bonds. The molecule has 3 heterocycles. The number of fused-ring (bicyclic) bond motifs is 1. The smallest absolute Gasteiger partial charge is 0.240 e. The predicted molar refractivity (Wildman–Crippen MR) is 109 cm³/mol. The average Bonchev–Trinajstić information content (AvgIpc) is 3.20. The summed E-state index contributed by atoms with van der Waals surface area (Å²) in [6.45, 7) is 6.59. The zero-order chi connectivity index (χ0) is 21.0.